The Morgan fingerprint density at radius 2 is 1.54 bits per heavy atom. The maximum absolute atomic E-state index is 12.4. The first-order chi connectivity index (χ1) is 11.1. The van der Waals surface area contributed by atoms with E-state index in [9.17, 15) is 9.59 Å². The maximum Gasteiger partial charge on any atom is 0.305 e. The van der Waals surface area contributed by atoms with E-state index in [1.807, 2.05) is 0 Å². The van der Waals surface area contributed by atoms with Gasteiger partial charge in [-0.3, -0.25) is 9.59 Å². The third-order valence-corrected chi connectivity index (χ3v) is 4.05. The molecular formula is C15H23NO8. The smallest absolute Gasteiger partial charge is 0.305 e. The lowest BCUT2D eigenvalue weighted by atomic mass is 9.98. The van der Waals surface area contributed by atoms with Crippen LogP contribution in [0.1, 0.15) is 34.1 Å². The van der Waals surface area contributed by atoms with Gasteiger partial charge in [0.25, 0.3) is 5.91 Å². The summed E-state index contributed by atoms with van der Waals surface area (Å²) < 4.78 is 29.0. The van der Waals surface area contributed by atoms with Crippen LogP contribution >= 0.6 is 0 Å². The molecule has 9 nitrogen and oxygen atoms in total. The van der Waals surface area contributed by atoms with E-state index in [2.05, 4.69) is 5.32 Å². The first-order valence-electron chi connectivity index (χ1n) is 7.94. The zero-order valence-corrected chi connectivity index (χ0v) is 14.1. The van der Waals surface area contributed by atoms with Gasteiger partial charge in [-0.25, -0.2) is 0 Å². The molecule has 0 aromatic carbocycles. The van der Waals surface area contributed by atoms with Crippen LogP contribution in [0.15, 0.2) is 0 Å². The average Bonchev–Trinajstić information content (AvgIpc) is 2.91. The minimum atomic E-state index is -0.992. The van der Waals surface area contributed by atoms with E-state index in [1.165, 1.54) is 0 Å². The van der Waals surface area contributed by atoms with Crippen LogP contribution in [-0.4, -0.2) is 65.8 Å². The lowest BCUT2D eigenvalue weighted by Crippen LogP contribution is -2.59. The number of carboxylic acids is 1. The predicted molar refractivity (Wildman–Crippen MR) is 77.8 cm³/mol. The molecule has 0 aliphatic carbocycles. The Kier molecular flexibility index (Phi) is 4.33. The van der Waals surface area contributed by atoms with E-state index in [-0.39, 0.29) is 13.0 Å². The number of carbonyl (C=O) groups is 2. The lowest BCUT2D eigenvalue weighted by Gasteiger charge is -2.36. The summed E-state index contributed by atoms with van der Waals surface area (Å²) in [7, 11) is 0. The molecule has 3 aliphatic heterocycles. The average molecular weight is 345 g/mol. The van der Waals surface area contributed by atoms with Crippen LogP contribution < -0.4 is 5.32 Å². The number of nitrogens with one attached hydrogen (secondary N) is 1. The van der Waals surface area contributed by atoms with Crippen molar-refractivity contribution in [3.63, 3.8) is 0 Å². The van der Waals surface area contributed by atoms with E-state index in [0.29, 0.717) is 0 Å². The first kappa shape index (κ1) is 17.6. The van der Waals surface area contributed by atoms with E-state index in [1.54, 1.807) is 27.7 Å². The Bertz CT molecular complexity index is 534. The Hall–Kier alpha value is -1.26. The normalized spacial score (nSPS) is 39.1. The third kappa shape index (κ3) is 3.40. The van der Waals surface area contributed by atoms with Crippen molar-refractivity contribution in [1.29, 1.82) is 0 Å². The predicted octanol–water partition coefficient (Wildman–Crippen LogP) is -0.0262. The number of rotatable bonds is 4. The zero-order valence-electron chi connectivity index (χ0n) is 14.1. The van der Waals surface area contributed by atoms with Crippen molar-refractivity contribution < 1.29 is 38.4 Å². The molecule has 0 spiro atoms. The van der Waals surface area contributed by atoms with Gasteiger partial charge < -0.3 is 34.1 Å². The van der Waals surface area contributed by atoms with E-state index < -0.39 is 54.2 Å². The number of hydrogen-bond donors (Lipinski definition) is 2. The van der Waals surface area contributed by atoms with Gasteiger partial charge in [0.1, 0.15) is 18.3 Å². The van der Waals surface area contributed by atoms with Crippen LogP contribution in [0.4, 0.5) is 0 Å². The molecule has 0 aromatic heterocycles. The van der Waals surface area contributed by atoms with Crippen LogP contribution in [0.25, 0.3) is 0 Å². The Balaban J connectivity index is 1.75. The van der Waals surface area contributed by atoms with Crippen LogP contribution in [0.2, 0.25) is 0 Å². The number of fused-ring (bicyclic) bond motifs is 3. The van der Waals surface area contributed by atoms with Crippen LogP contribution in [0.5, 0.6) is 0 Å². The second kappa shape index (κ2) is 5.92. The molecule has 0 radical (unpaired) electrons. The molecule has 5 atom stereocenters. The van der Waals surface area contributed by atoms with Gasteiger partial charge in [-0.1, -0.05) is 0 Å². The summed E-state index contributed by atoms with van der Waals surface area (Å²) in [5.41, 5.74) is 0. The highest BCUT2D eigenvalue weighted by molar-refractivity contribution is 5.82. The second-order valence-corrected chi connectivity index (χ2v) is 7.02. The summed E-state index contributed by atoms with van der Waals surface area (Å²) in [4.78, 5) is 23.0. The summed E-state index contributed by atoms with van der Waals surface area (Å²) in [5.74, 6) is -3.19. The van der Waals surface area contributed by atoms with Gasteiger partial charge in [0.05, 0.1) is 6.42 Å². The largest absolute Gasteiger partial charge is 0.481 e. The highest BCUT2D eigenvalue weighted by Crippen LogP contribution is 2.44. The fraction of sp³-hybridized carbons (Fsp3) is 0.867. The quantitative estimate of drug-likeness (QED) is 0.731. The number of carboxylic acid groups (broad SMARTS) is 1. The maximum atomic E-state index is 12.4. The van der Waals surface area contributed by atoms with Gasteiger partial charge >= 0.3 is 5.97 Å². The minimum absolute atomic E-state index is 0.00656. The molecule has 136 valence electrons. The molecule has 9 heteroatoms. The van der Waals surface area contributed by atoms with E-state index >= 15 is 0 Å². The van der Waals surface area contributed by atoms with Crippen molar-refractivity contribution >= 4 is 11.9 Å². The zero-order chi connectivity index (χ0) is 17.7. The van der Waals surface area contributed by atoms with Gasteiger partial charge in [-0.15, -0.1) is 0 Å². The molecule has 3 aliphatic rings. The second-order valence-electron chi connectivity index (χ2n) is 7.02. The highest BCUT2D eigenvalue weighted by atomic mass is 16.9. The molecule has 24 heavy (non-hydrogen) atoms. The van der Waals surface area contributed by atoms with Crippen LogP contribution in [0.3, 0.4) is 0 Å². The number of ether oxygens (including phenoxy) is 5. The molecule has 3 fully saturated rings. The summed E-state index contributed by atoms with van der Waals surface area (Å²) in [5, 5.41) is 11.2. The lowest BCUT2D eigenvalue weighted by molar-refractivity contribution is -0.231. The minimum Gasteiger partial charge on any atom is -0.481 e. The fourth-order valence-electron chi connectivity index (χ4n) is 3.22. The Morgan fingerprint density at radius 3 is 2.21 bits per heavy atom. The molecule has 0 bridgehead atoms. The van der Waals surface area contributed by atoms with Gasteiger partial charge in [-0.2, -0.15) is 0 Å². The molecule has 0 saturated carbocycles. The molecule has 3 saturated heterocycles. The number of aliphatic carboxylic acids is 1. The topological polar surface area (TPSA) is 113 Å². The van der Waals surface area contributed by atoms with Gasteiger partial charge in [0.2, 0.25) is 0 Å². The van der Waals surface area contributed by atoms with Crippen molar-refractivity contribution in [2.45, 2.75) is 76.4 Å². The summed E-state index contributed by atoms with van der Waals surface area (Å²) in [6.07, 6.45) is -3.58. The molecule has 3 heterocycles. The van der Waals surface area contributed by atoms with Gasteiger partial charge in [0, 0.05) is 6.54 Å². The SMILES string of the molecule is CC1(C)O[C@H]2[C@@H](O1)[C@H](C(=O)NCCC(=O)O)O[C@H]1OC(C)(C)O[C@@H]12. The van der Waals surface area contributed by atoms with Crippen LogP contribution in [0, 0.1) is 0 Å². The summed E-state index contributed by atoms with van der Waals surface area (Å²) >= 11 is 0. The standard InChI is InChI=1S/C15H23NO8/c1-14(2)21-8-9(22-14)11-13(24-15(3,4)23-11)20-10(8)12(19)16-6-5-7(17)18/h8-11,13H,5-6H2,1-4H3,(H,16,19)(H,17,18)/t8-,9+,10-,11-,13+/m1/s1. The molecular weight excluding hydrogens is 322 g/mol. The third-order valence-electron chi connectivity index (χ3n) is 4.05. The molecule has 3 rings (SSSR count). The van der Waals surface area contributed by atoms with Crippen molar-refractivity contribution in [1.82, 2.24) is 5.32 Å². The molecule has 0 unspecified atom stereocenters. The van der Waals surface area contributed by atoms with Crippen LogP contribution in [-0.2, 0) is 33.3 Å². The number of carbonyl (C=O) groups excluding carboxylic acids is 1. The van der Waals surface area contributed by atoms with Gasteiger partial charge in [-0.05, 0) is 27.7 Å². The van der Waals surface area contributed by atoms with Crippen molar-refractivity contribution in [2.24, 2.45) is 0 Å². The first-order valence-corrected chi connectivity index (χ1v) is 7.94. The van der Waals surface area contributed by atoms with Gasteiger partial charge in [0.15, 0.2) is 24.0 Å². The van der Waals surface area contributed by atoms with E-state index in [4.69, 9.17) is 28.8 Å². The van der Waals surface area contributed by atoms with Crippen molar-refractivity contribution in [2.75, 3.05) is 6.54 Å². The monoisotopic (exact) mass is 345 g/mol. The molecule has 1 amide bonds. The highest BCUT2D eigenvalue weighted by Gasteiger charge is 2.62. The molecule has 0 aromatic rings. The van der Waals surface area contributed by atoms with Crippen molar-refractivity contribution in [3.05, 3.63) is 0 Å². The molecule has 2 N–H and O–H groups in total. The van der Waals surface area contributed by atoms with E-state index in [0.717, 1.165) is 0 Å². The number of hydrogen-bond acceptors (Lipinski definition) is 7. The van der Waals surface area contributed by atoms with Crippen molar-refractivity contribution in [3.8, 4) is 0 Å². The fourth-order valence-corrected chi connectivity index (χ4v) is 3.22. The summed E-state index contributed by atoms with van der Waals surface area (Å²) in [6.45, 7) is 7.02. The number of amides is 1. The Labute approximate surface area is 139 Å². The Morgan fingerprint density at radius 1 is 0.958 bits per heavy atom. The summed E-state index contributed by atoms with van der Waals surface area (Å²) in [6, 6.07) is 0.